The van der Waals surface area contributed by atoms with E-state index >= 15 is 0 Å². The number of hydrogen-bond acceptors (Lipinski definition) is 3. The summed E-state index contributed by atoms with van der Waals surface area (Å²) in [4.78, 5) is 5.91. The van der Waals surface area contributed by atoms with Gasteiger partial charge in [-0.25, -0.2) is 4.98 Å². The Kier molecular flexibility index (Phi) is 2.15. The van der Waals surface area contributed by atoms with Gasteiger partial charge in [-0.1, -0.05) is 6.92 Å². The van der Waals surface area contributed by atoms with Crippen molar-refractivity contribution < 1.29 is 0 Å². The predicted molar refractivity (Wildman–Crippen MR) is 51.4 cm³/mol. The van der Waals surface area contributed by atoms with Crippen molar-refractivity contribution in [3.05, 3.63) is 15.6 Å². The smallest absolute Gasteiger partial charge is 0.0929 e. The van der Waals surface area contributed by atoms with E-state index < -0.39 is 0 Å². The van der Waals surface area contributed by atoms with Gasteiger partial charge < -0.3 is 5.73 Å². The summed E-state index contributed by atoms with van der Waals surface area (Å²) in [6.45, 7) is 2.82. The standard InChI is InChI=1S/C9H14N2S/c1-2-8-11-9(6-3-4-6)7(5-10)12-8/h6H,2-5,10H2,1H3. The zero-order chi connectivity index (χ0) is 8.55. The summed E-state index contributed by atoms with van der Waals surface area (Å²) in [5.41, 5.74) is 6.96. The molecular weight excluding hydrogens is 168 g/mol. The van der Waals surface area contributed by atoms with Crippen LogP contribution in [0, 0.1) is 0 Å². The Labute approximate surface area is 76.8 Å². The second-order valence-corrected chi connectivity index (χ2v) is 4.42. The molecule has 1 aromatic rings. The fourth-order valence-electron chi connectivity index (χ4n) is 1.39. The van der Waals surface area contributed by atoms with E-state index in [0.717, 1.165) is 12.3 Å². The second kappa shape index (κ2) is 3.15. The minimum Gasteiger partial charge on any atom is -0.326 e. The number of aryl methyl sites for hydroxylation is 1. The van der Waals surface area contributed by atoms with Crippen molar-refractivity contribution in [3.63, 3.8) is 0 Å². The van der Waals surface area contributed by atoms with Crippen LogP contribution in [0.1, 0.15) is 41.3 Å². The summed E-state index contributed by atoms with van der Waals surface area (Å²) in [5.74, 6) is 0.750. The molecule has 0 aromatic carbocycles. The van der Waals surface area contributed by atoms with Gasteiger partial charge in [0.15, 0.2) is 0 Å². The molecule has 1 saturated carbocycles. The van der Waals surface area contributed by atoms with Crippen molar-refractivity contribution in [1.29, 1.82) is 0 Å². The highest BCUT2D eigenvalue weighted by atomic mass is 32.1. The van der Waals surface area contributed by atoms with Gasteiger partial charge in [0.05, 0.1) is 10.7 Å². The molecule has 0 saturated heterocycles. The molecule has 2 N–H and O–H groups in total. The Morgan fingerprint density at radius 2 is 2.33 bits per heavy atom. The summed E-state index contributed by atoms with van der Waals surface area (Å²) in [7, 11) is 0. The molecule has 1 heterocycles. The third-order valence-electron chi connectivity index (χ3n) is 2.22. The molecule has 0 atom stereocenters. The van der Waals surface area contributed by atoms with Crippen LogP contribution in [0.2, 0.25) is 0 Å². The van der Waals surface area contributed by atoms with Crippen LogP contribution in [0.25, 0.3) is 0 Å². The largest absolute Gasteiger partial charge is 0.326 e. The number of nitrogens with two attached hydrogens (primary N) is 1. The third kappa shape index (κ3) is 1.39. The van der Waals surface area contributed by atoms with Crippen LogP contribution in [0.4, 0.5) is 0 Å². The maximum absolute atomic E-state index is 5.65. The van der Waals surface area contributed by atoms with Crippen LogP contribution in [0.5, 0.6) is 0 Å². The molecule has 1 aliphatic rings. The van der Waals surface area contributed by atoms with E-state index in [9.17, 15) is 0 Å². The van der Waals surface area contributed by atoms with Crippen molar-refractivity contribution in [2.45, 2.75) is 38.6 Å². The molecule has 0 bridgehead atoms. The summed E-state index contributed by atoms with van der Waals surface area (Å²) in [6.07, 6.45) is 3.68. The Balaban J connectivity index is 2.29. The lowest BCUT2D eigenvalue weighted by Gasteiger charge is -1.93. The molecule has 12 heavy (non-hydrogen) atoms. The Morgan fingerprint density at radius 1 is 1.58 bits per heavy atom. The highest BCUT2D eigenvalue weighted by molar-refractivity contribution is 7.11. The Bertz CT molecular complexity index is 276. The molecule has 66 valence electrons. The van der Waals surface area contributed by atoms with Crippen molar-refractivity contribution in [1.82, 2.24) is 4.98 Å². The Morgan fingerprint density at radius 3 is 2.83 bits per heavy atom. The van der Waals surface area contributed by atoms with E-state index in [0.29, 0.717) is 6.54 Å². The van der Waals surface area contributed by atoms with Crippen LogP contribution in [0.3, 0.4) is 0 Å². The number of nitrogens with zero attached hydrogens (tertiary/aromatic N) is 1. The van der Waals surface area contributed by atoms with E-state index in [2.05, 4.69) is 11.9 Å². The average molecular weight is 182 g/mol. The minimum atomic E-state index is 0.670. The maximum Gasteiger partial charge on any atom is 0.0929 e. The topological polar surface area (TPSA) is 38.9 Å². The Hall–Kier alpha value is -0.410. The SMILES string of the molecule is CCc1nc(C2CC2)c(CN)s1. The lowest BCUT2D eigenvalue weighted by Crippen LogP contribution is -1.96. The molecule has 1 aromatic heterocycles. The fraction of sp³-hybridized carbons (Fsp3) is 0.667. The normalized spacial score (nSPS) is 16.8. The molecule has 1 fully saturated rings. The number of hydrogen-bond donors (Lipinski definition) is 1. The first kappa shape index (κ1) is 8.20. The molecule has 1 aliphatic carbocycles. The van der Waals surface area contributed by atoms with Gasteiger partial charge in [0.1, 0.15) is 0 Å². The van der Waals surface area contributed by atoms with Crippen LogP contribution >= 0.6 is 11.3 Å². The van der Waals surface area contributed by atoms with Gasteiger partial charge in [-0.05, 0) is 19.3 Å². The van der Waals surface area contributed by atoms with Crippen molar-refractivity contribution >= 4 is 11.3 Å². The molecular formula is C9H14N2S. The minimum absolute atomic E-state index is 0.670. The van der Waals surface area contributed by atoms with Gasteiger partial charge in [0, 0.05) is 17.3 Å². The predicted octanol–water partition coefficient (Wildman–Crippen LogP) is 2.04. The van der Waals surface area contributed by atoms with E-state index in [1.54, 1.807) is 11.3 Å². The first-order chi connectivity index (χ1) is 5.85. The summed E-state index contributed by atoms with van der Waals surface area (Å²) in [5, 5.41) is 1.25. The van der Waals surface area contributed by atoms with Gasteiger partial charge in [-0.3, -0.25) is 0 Å². The van der Waals surface area contributed by atoms with Gasteiger partial charge in [-0.15, -0.1) is 11.3 Å². The van der Waals surface area contributed by atoms with E-state index in [4.69, 9.17) is 5.73 Å². The van der Waals surface area contributed by atoms with E-state index in [1.807, 2.05) is 0 Å². The molecule has 2 rings (SSSR count). The maximum atomic E-state index is 5.65. The zero-order valence-electron chi connectivity index (χ0n) is 7.34. The molecule has 0 aliphatic heterocycles. The summed E-state index contributed by atoms with van der Waals surface area (Å²) >= 11 is 1.79. The fourth-order valence-corrected chi connectivity index (χ4v) is 2.36. The summed E-state index contributed by atoms with van der Waals surface area (Å²) < 4.78 is 0. The lowest BCUT2D eigenvalue weighted by molar-refractivity contribution is 0.953. The number of aromatic nitrogens is 1. The van der Waals surface area contributed by atoms with Crippen LogP contribution in [-0.4, -0.2) is 4.98 Å². The highest BCUT2D eigenvalue weighted by Crippen LogP contribution is 2.42. The first-order valence-corrected chi connectivity index (χ1v) is 5.35. The first-order valence-electron chi connectivity index (χ1n) is 4.53. The molecule has 0 amide bonds. The third-order valence-corrected chi connectivity index (χ3v) is 3.46. The highest BCUT2D eigenvalue weighted by Gasteiger charge is 2.28. The second-order valence-electron chi connectivity index (χ2n) is 3.25. The van der Waals surface area contributed by atoms with Crippen LogP contribution in [0.15, 0.2) is 0 Å². The summed E-state index contributed by atoms with van der Waals surface area (Å²) in [6, 6.07) is 0. The van der Waals surface area contributed by atoms with Crippen molar-refractivity contribution in [2.75, 3.05) is 0 Å². The van der Waals surface area contributed by atoms with E-state index in [-0.39, 0.29) is 0 Å². The van der Waals surface area contributed by atoms with Gasteiger partial charge in [0.25, 0.3) is 0 Å². The van der Waals surface area contributed by atoms with Gasteiger partial charge in [-0.2, -0.15) is 0 Å². The zero-order valence-corrected chi connectivity index (χ0v) is 8.16. The van der Waals surface area contributed by atoms with Crippen LogP contribution in [-0.2, 0) is 13.0 Å². The molecule has 0 unspecified atom stereocenters. The molecule has 0 radical (unpaired) electrons. The lowest BCUT2D eigenvalue weighted by atomic mass is 10.2. The molecule has 3 heteroatoms. The van der Waals surface area contributed by atoms with Crippen molar-refractivity contribution in [3.8, 4) is 0 Å². The molecule has 0 spiro atoms. The van der Waals surface area contributed by atoms with E-state index in [1.165, 1.54) is 28.4 Å². The number of thiazole rings is 1. The van der Waals surface area contributed by atoms with Crippen molar-refractivity contribution in [2.24, 2.45) is 5.73 Å². The molecule has 2 nitrogen and oxygen atoms in total. The average Bonchev–Trinajstić information content (AvgIpc) is 2.85. The van der Waals surface area contributed by atoms with Gasteiger partial charge in [0.2, 0.25) is 0 Å². The monoisotopic (exact) mass is 182 g/mol. The quantitative estimate of drug-likeness (QED) is 0.777. The van der Waals surface area contributed by atoms with Gasteiger partial charge >= 0.3 is 0 Å². The number of rotatable bonds is 3. The van der Waals surface area contributed by atoms with Crippen LogP contribution < -0.4 is 5.73 Å².